The molecule has 3 saturated heterocycles. The van der Waals surface area contributed by atoms with Crippen LogP contribution in [-0.4, -0.2) is 97.3 Å². The zero-order valence-corrected chi connectivity index (χ0v) is 26.6. The summed E-state index contributed by atoms with van der Waals surface area (Å²) in [6, 6.07) is -1.43. The molecule has 4 heterocycles. The van der Waals surface area contributed by atoms with Gasteiger partial charge in [0.05, 0.1) is 12.3 Å². The lowest BCUT2D eigenvalue weighted by atomic mass is 9.89. The molecule has 19 heteroatoms. The third-order valence-corrected chi connectivity index (χ3v) is 9.00. The molecule has 244 valence electrons. The number of oxime groups is 1. The summed E-state index contributed by atoms with van der Waals surface area (Å²) in [6.45, 7) is 7.73. The van der Waals surface area contributed by atoms with Gasteiger partial charge in [-0.1, -0.05) is 10.7 Å². The van der Waals surface area contributed by atoms with Gasteiger partial charge in [0, 0.05) is 21.9 Å². The number of nitrogens with one attached hydrogen (secondary N) is 2. The van der Waals surface area contributed by atoms with Crippen LogP contribution in [0.15, 0.2) is 22.2 Å². The van der Waals surface area contributed by atoms with Crippen molar-refractivity contribution in [3.8, 4) is 0 Å². The van der Waals surface area contributed by atoms with Crippen molar-refractivity contribution in [2.24, 2.45) is 16.8 Å². The minimum absolute atomic E-state index is 0.0246. The van der Waals surface area contributed by atoms with Gasteiger partial charge < -0.3 is 30.1 Å². The molecule has 1 aromatic heterocycles. The summed E-state index contributed by atoms with van der Waals surface area (Å²) in [5, 5.41) is 8.59. The van der Waals surface area contributed by atoms with Crippen LogP contribution in [0.25, 0.3) is 0 Å². The average Bonchev–Trinajstić information content (AvgIpc) is 3.50. The van der Waals surface area contributed by atoms with Crippen LogP contribution in [0.4, 0.5) is 9.93 Å². The Balaban J connectivity index is 1.56. The first-order valence-corrected chi connectivity index (χ1v) is 15.8. The Labute approximate surface area is 263 Å². The lowest BCUT2D eigenvalue weighted by Crippen LogP contribution is -2.83. The summed E-state index contributed by atoms with van der Waals surface area (Å²) in [4.78, 5) is 85.8. The molecule has 3 aliphatic heterocycles. The van der Waals surface area contributed by atoms with Crippen LogP contribution in [0.5, 0.6) is 0 Å². The predicted molar refractivity (Wildman–Crippen MR) is 157 cm³/mol. The van der Waals surface area contributed by atoms with Gasteiger partial charge in [-0.3, -0.25) is 33.6 Å². The van der Waals surface area contributed by atoms with Crippen molar-refractivity contribution in [1.29, 1.82) is 0 Å². The van der Waals surface area contributed by atoms with E-state index in [-0.39, 0.29) is 29.6 Å². The van der Waals surface area contributed by atoms with Gasteiger partial charge in [-0.05, 0) is 40.7 Å². The number of nitrogens with zero attached hydrogens (tertiary/aromatic N) is 3. The lowest BCUT2D eigenvalue weighted by molar-refractivity contribution is -0.219. The van der Waals surface area contributed by atoms with Gasteiger partial charge in [-0.2, -0.15) is 0 Å². The van der Waals surface area contributed by atoms with Crippen molar-refractivity contribution in [1.82, 2.24) is 15.2 Å². The molecule has 1 aromatic rings. The van der Waals surface area contributed by atoms with Gasteiger partial charge in [0.25, 0.3) is 23.4 Å². The number of esters is 2. The minimum Gasteiger partial charge on any atom is -0.457 e. The fourth-order valence-electron chi connectivity index (χ4n) is 4.67. The van der Waals surface area contributed by atoms with Crippen LogP contribution in [0, 0.1) is 5.92 Å². The molecule has 4 amide bonds. The number of hydrogen-bond donors (Lipinski definition) is 3. The van der Waals surface area contributed by atoms with Crippen molar-refractivity contribution < 1.29 is 52.0 Å². The molecule has 4 N–H and O–H groups in total. The van der Waals surface area contributed by atoms with E-state index in [2.05, 4.69) is 20.8 Å². The highest BCUT2D eigenvalue weighted by Gasteiger charge is 2.73. The van der Waals surface area contributed by atoms with Crippen LogP contribution in [0.3, 0.4) is 0 Å². The highest BCUT2D eigenvalue weighted by molar-refractivity contribution is 7.85. The van der Waals surface area contributed by atoms with Crippen LogP contribution in [0.1, 0.15) is 46.7 Å². The monoisotopic (exact) mass is 668 g/mol. The molecule has 45 heavy (non-hydrogen) atoms. The van der Waals surface area contributed by atoms with E-state index in [4.69, 9.17) is 24.8 Å². The summed E-state index contributed by atoms with van der Waals surface area (Å²) >= 11 is 0.910. The van der Waals surface area contributed by atoms with E-state index in [0.29, 0.717) is 0 Å². The minimum atomic E-state index is -2.14. The number of amides is 4. The van der Waals surface area contributed by atoms with Crippen molar-refractivity contribution in [2.75, 3.05) is 24.3 Å². The van der Waals surface area contributed by atoms with Gasteiger partial charge in [0.2, 0.25) is 0 Å². The first kappa shape index (κ1) is 33.5. The third-order valence-electron chi connectivity index (χ3n) is 6.49. The molecule has 0 radical (unpaired) electrons. The number of hydrogen-bond acceptors (Lipinski definition) is 14. The Hall–Kier alpha value is -4.39. The molecule has 0 aliphatic carbocycles. The molecule has 0 saturated carbocycles. The number of β-lactam (4-membered cyclic amide) rings is 1. The number of primary amides is 1. The molecule has 0 spiro atoms. The van der Waals surface area contributed by atoms with Crippen LogP contribution in [0.2, 0.25) is 0 Å². The Morgan fingerprint density at radius 3 is 2.64 bits per heavy atom. The Kier molecular flexibility index (Phi) is 9.62. The molecule has 5 atom stereocenters. The number of carbonyl (C=O) groups is 6. The van der Waals surface area contributed by atoms with E-state index >= 15 is 0 Å². The number of carbonyl (C=O) groups excluding carboxylic acids is 6. The van der Waals surface area contributed by atoms with Crippen LogP contribution < -0.4 is 16.4 Å². The highest BCUT2D eigenvalue weighted by atomic mass is 32.2. The molecule has 0 aromatic carbocycles. The van der Waals surface area contributed by atoms with E-state index in [1.54, 1.807) is 40.7 Å². The maximum absolute atomic E-state index is 13.5. The van der Waals surface area contributed by atoms with Crippen molar-refractivity contribution in [3.05, 3.63) is 22.7 Å². The standard InChI is InChI=1S/C26H32N6O11S2/c1-12(2)6-7-40-22(37)26-13(8-16(34)42-26)11-45(39)21-18(20(36)32(21)26)29-19(35)17(31-41-9-15(27)33)14-10-44-23(28-14)30-24(38)43-25(3,4)5/h6,10,13,18,21H,7-9,11H2,1-5H3,(H2,27,33)(H,29,35)(H,28,30,38)/b31-17-/t13-,18+,21+,26+,45-/m0/s1. The molecule has 3 fully saturated rings. The molecular weight excluding hydrogens is 636 g/mol. The zero-order valence-electron chi connectivity index (χ0n) is 24.9. The quantitative estimate of drug-likeness (QED) is 0.0739. The van der Waals surface area contributed by atoms with E-state index in [1.807, 2.05) is 0 Å². The summed E-state index contributed by atoms with van der Waals surface area (Å²) in [5.74, 6) is -5.65. The summed E-state index contributed by atoms with van der Waals surface area (Å²) in [5.41, 5.74) is 2.38. The molecule has 0 bridgehead atoms. The van der Waals surface area contributed by atoms with Gasteiger partial charge in [-0.15, -0.1) is 11.3 Å². The topological polar surface area (TPSA) is 235 Å². The summed E-state index contributed by atoms with van der Waals surface area (Å²) in [6.07, 6.45) is 0.554. The largest absolute Gasteiger partial charge is 0.457 e. The van der Waals surface area contributed by atoms with Crippen LogP contribution in [-0.2, 0) is 53.8 Å². The Morgan fingerprint density at radius 1 is 1.29 bits per heavy atom. The maximum Gasteiger partial charge on any atom is 0.413 e. The Bertz CT molecular complexity index is 1510. The smallest absolute Gasteiger partial charge is 0.413 e. The average molecular weight is 669 g/mol. The second-order valence-corrected chi connectivity index (χ2v) is 13.8. The number of ether oxygens (including phenoxy) is 3. The second kappa shape index (κ2) is 12.9. The van der Waals surface area contributed by atoms with Crippen molar-refractivity contribution in [2.45, 2.75) is 63.8 Å². The normalized spacial score (nSPS) is 25.5. The molecule has 4 rings (SSSR count). The van der Waals surface area contributed by atoms with E-state index in [1.165, 1.54) is 5.38 Å². The number of rotatable bonds is 10. The number of aromatic nitrogens is 1. The number of allylic oxidation sites excluding steroid dienone is 1. The van der Waals surface area contributed by atoms with Crippen molar-refractivity contribution >= 4 is 68.7 Å². The SMILES string of the molecule is CC(C)=CCOC(=O)[C@]12OC(=O)C[C@H]1C[S@](=O)[C@@H]1[C@H](NC(=O)/C(=N\OCC(N)=O)c3csc(NC(=O)OC(C)(C)C)n3)C(=O)N12. The Morgan fingerprint density at radius 2 is 2.00 bits per heavy atom. The van der Waals surface area contributed by atoms with Gasteiger partial charge in [0.15, 0.2) is 17.5 Å². The lowest BCUT2D eigenvalue weighted by Gasteiger charge is -2.56. The van der Waals surface area contributed by atoms with Gasteiger partial charge >= 0.3 is 18.0 Å². The van der Waals surface area contributed by atoms with Crippen molar-refractivity contribution in [3.63, 3.8) is 0 Å². The number of anilines is 1. The molecule has 0 unspecified atom stereocenters. The fourth-order valence-corrected chi connectivity index (χ4v) is 7.27. The van der Waals surface area contributed by atoms with E-state index < -0.39 is 87.5 Å². The second-order valence-electron chi connectivity index (χ2n) is 11.4. The number of thiazole rings is 1. The highest BCUT2D eigenvalue weighted by Crippen LogP contribution is 2.48. The summed E-state index contributed by atoms with van der Waals surface area (Å²) in [7, 11) is -1.83. The third kappa shape index (κ3) is 7.14. The molecular formula is C26H32N6O11S2. The fraction of sp³-hybridized carbons (Fsp3) is 0.538. The van der Waals surface area contributed by atoms with Gasteiger partial charge in [-0.25, -0.2) is 14.6 Å². The molecule has 3 aliphatic rings. The number of fused-ring (bicyclic) bond motifs is 3. The van der Waals surface area contributed by atoms with Gasteiger partial charge in [0.1, 0.15) is 29.3 Å². The zero-order chi connectivity index (χ0) is 33.3. The predicted octanol–water partition coefficient (Wildman–Crippen LogP) is -0.120. The maximum atomic E-state index is 13.5. The summed E-state index contributed by atoms with van der Waals surface area (Å²) < 4.78 is 29.2. The number of nitrogens with two attached hydrogens (primary N) is 1. The first-order chi connectivity index (χ1) is 21.0. The van der Waals surface area contributed by atoms with E-state index in [0.717, 1.165) is 21.8 Å². The first-order valence-electron chi connectivity index (χ1n) is 13.5. The molecule has 17 nitrogen and oxygen atoms in total. The van der Waals surface area contributed by atoms with Crippen LogP contribution >= 0.6 is 11.3 Å². The van der Waals surface area contributed by atoms with E-state index in [9.17, 15) is 33.0 Å².